The molecule has 1 aromatic carbocycles. The minimum atomic E-state index is -0.836. The average molecular weight is 220 g/mol. The van der Waals surface area contributed by atoms with Crippen LogP contribution in [-0.4, -0.2) is 25.5 Å². The van der Waals surface area contributed by atoms with Crippen LogP contribution < -0.4 is 4.74 Å². The van der Waals surface area contributed by atoms with Crippen molar-refractivity contribution in [1.82, 2.24) is 0 Å². The standard InChI is InChI=1S/C12H12O4/c1-15-12(14)11(13)9-4-5-10-8(7-9)3-2-6-16-10/h4-5,7H,2-3,6H2,1H3. The second-order valence-corrected chi connectivity index (χ2v) is 3.60. The number of fused-ring (bicyclic) bond motifs is 1. The molecular weight excluding hydrogens is 208 g/mol. The zero-order chi connectivity index (χ0) is 11.5. The van der Waals surface area contributed by atoms with Gasteiger partial charge in [0.15, 0.2) is 0 Å². The van der Waals surface area contributed by atoms with Crippen molar-refractivity contribution in [2.75, 3.05) is 13.7 Å². The maximum atomic E-state index is 11.5. The van der Waals surface area contributed by atoms with Crippen molar-refractivity contribution in [3.05, 3.63) is 29.3 Å². The Morgan fingerprint density at radius 2 is 2.19 bits per heavy atom. The number of ether oxygens (including phenoxy) is 2. The predicted molar refractivity (Wildman–Crippen MR) is 56.6 cm³/mol. The first-order chi connectivity index (χ1) is 7.72. The highest BCUT2D eigenvalue weighted by atomic mass is 16.5. The van der Waals surface area contributed by atoms with Gasteiger partial charge in [-0.05, 0) is 36.6 Å². The van der Waals surface area contributed by atoms with Gasteiger partial charge in [-0.15, -0.1) is 0 Å². The topological polar surface area (TPSA) is 52.6 Å². The van der Waals surface area contributed by atoms with Gasteiger partial charge in [-0.2, -0.15) is 0 Å². The van der Waals surface area contributed by atoms with Gasteiger partial charge in [-0.25, -0.2) is 4.79 Å². The molecule has 0 spiro atoms. The van der Waals surface area contributed by atoms with Gasteiger partial charge in [0, 0.05) is 5.56 Å². The summed E-state index contributed by atoms with van der Waals surface area (Å²) in [5.74, 6) is -0.653. The predicted octanol–water partition coefficient (Wildman–Crippen LogP) is 1.37. The Hall–Kier alpha value is -1.84. The lowest BCUT2D eigenvalue weighted by atomic mass is 10.0. The van der Waals surface area contributed by atoms with E-state index < -0.39 is 11.8 Å². The number of methoxy groups -OCH3 is 1. The molecule has 0 radical (unpaired) electrons. The third kappa shape index (κ3) is 1.91. The van der Waals surface area contributed by atoms with E-state index in [4.69, 9.17) is 4.74 Å². The third-order valence-corrected chi connectivity index (χ3v) is 2.54. The molecule has 0 N–H and O–H groups in total. The zero-order valence-corrected chi connectivity index (χ0v) is 8.99. The SMILES string of the molecule is COC(=O)C(=O)c1ccc2c(c1)CCCO2. The largest absolute Gasteiger partial charge is 0.493 e. The molecule has 4 nitrogen and oxygen atoms in total. The lowest BCUT2D eigenvalue weighted by Crippen LogP contribution is -2.17. The minimum Gasteiger partial charge on any atom is -0.493 e. The van der Waals surface area contributed by atoms with Crippen LogP contribution >= 0.6 is 0 Å². The summed E-state index contributed by atoms with van der Waals surface area (Å²) in [4.78, 5) is 22.6. The summed E-state index contributed by atoms with van der Waals surface area (Å²) >= 11 is 0. The van der Waals surface area contributed by atoms with E-state index in [9.17, 15) is 9.59 Å². The molecule has 1 aliphatic heterocycles. The fraction of sp³-hybridized carbons (Fsp3) is 0.333. The molecule has 84 valence electrons. The molecule has 0 aliphatic carbocycles. The quantitative estimate of drug-likeness (QED) is 0.429. The van der Waals surface area contributed by atoms with Crippen LogP contribution in [-0.2, 0) is 16.0 Å². The highest BCUT2D eigenvalue weighted by Crippen LogP contribution is 2.25. The fourth-order valence-electron chi connectivity index (χ4n) is 1.71. The molecule has 2 rings (SSSR count). The average Bonchev–Trinajstić information content (AvgIpc) is 2.36. The van der Waals surface area contributed by atoms with Gasteiger partial charge in [0.1, 0.15) is 5.75 Å². The molecule has 1 heterocycles. The number of carbonyl (C=O) groups excluding carboxylic acids is 2. The summed E-state index contributed by atoms with van der Waals surface area (Å²) in [6.07, 6.45) is 1.81. The van der Waals surface area contributed by atoms with E-state index in [2.05, 4.69) is 4.74 Å². The number of hydrogen-bond donors (Lipinski definition) is 0. The van der Waals surface area contributed by atoms with E-state index in [1.54, 1.807) is 18.2 Å². The molecule has 0 unspecified atom stereocenters. The summed E-state index contributed by atoms with van der Waals surface area (Å²) in [6, 6.07) is 5.02. The molecule has 0 saturated carbocycles. The fourth-order valence-corrected chi connectivity index (χ4v) is 1.71. The van der Waals surface area contributed by atoms with Gasteiger partial charge < -0.3 is 9.47 Å². The van der Waals surface area contributed by atoms with E-state index >= 15 is 0 Å². The summed E-state index contributed by atoms with van der Waals surface area (Å²) in [5, 5.41) is 0. The molecular formula is C12H12O4. The minimum absolute atomic E-state index is 0.358. The maximum Gasteiger partial charge on any atom is 0.379 e. The lowest BCUT2D eigenvalue weighted by molar-refractivity contribution is -0.135. The molecule has 0 fully saturated rings. The number of ketones is 1. The molecule has 4 heteroatoms. The van der Waals surface area contributed by atoms with E-state index in [0.717, 1.165) is 24.2 Å². The number of hydrogen-bond acceptors (Lipinski definition) is 4. The van der Waals surface area contributed by atoms with Gasteiger partial charge >= 0.3 is 5.97 Å². The first-order valence-electron chi connectivity index (χ1n) is 5.11. The number of benzene rings is 1. The van der Waals surface area contributed by atoms with E-state index in [-0.39, 0.29) is 0 Å². The maximum absolute atomic E-state index is 11.5. The molecule has 1 aromatic rings. The van der Waals surface area contributed by atoms with Gasteiger partial charge in [0.05, 0.1) is 13.7 Å². The highest BCUT2D eigenvalue weighted by molar-refractivity contribution is 6.40. The van der Waals surface area contributed by atoms with Gasteiger partial charge in [0.25, 0.3) is 5.78 Å². The van der Waals surface area contributed by atoms with Crippen LogP contribution in [0.3, 0.4) is 0 Å². The van der Waals surface area contributed by atoms with Crippen molar-refractivity contribution >= 4 is 11.8 Å². The van der Waals surface area contributed by atoms with Crippen LogP contribution in [0.4, 0.5) is 0 Å². The highest BCUT2D eigenvalue weighted by Gasteiger charge is 2.19. The van der Waals surface area contributed by atoms with Crippen molar-refractivity contribution in [3.8, 4) is 5.75 Å². The second-order valence-electron chi connectivity index (χ2n) is 3.60. The van der Waals surface area contributed by atoms with Crippen LogP contribution in [0, 0.1) is 0 Å². The Morgan fingerprint density at radius 3 is 2.94 bits per heavy atom. The Kier molecular flexibility index (Phi) is 2.90. The van der Waals surface area contributed by atoms with Crippen molar-refractivity contribution in [1.29, 1.82) is 0 Å². The molecule has 0 saturated heterocycles. The van der Waals surface area contributed by atoms with Crippen LogP contribution in [0.2, 0.25) is 0 Å². The molecule has 0 bridgehead atoms. The van der Waals surface area contributed by atoms with Crippen LogP contribution in [0.1, 0.15) is 22.3 Å². The van der Waals surface area contributed by atoms with Crippen molar-refractivity contribution in [3.63, 3.8) is 0 Å². The first kappa shape index (κ1) is 10.7. The summed E-state index contributed by atoms with van der Waals surface area (Å²) in [7, 11) is 1.20. The molecule has 0 atom stereocenters. The van der Waals surface area contributed by atoms with E-state index in [0.29, 0.717) is 12.2 Å². The van der Waals surface area contributed by atoms with Gasteiger partial charge in [-0.1, -0.05) is 0 Å². The van der Waals surface area contributed by atoms with Crippen molar-refractivity contribution in [2.45, 2.75) is 12.8 Å². The molecule has 1 aliphatic rings. The first-order valence-corrected chi connectivity index (χ1v) is 5.11. The Balaban J connectivity index is 2.30. The normalized spacial score (nSPS) is 13.6. The van der Waals surface area contributed by atoms with Crippen molar-refractivity contribution in [2.24, 2.45) is 0 Å². The lowest BCUT2D eigenvalue weighted by Gasteiger charge is -2.17. The summed E-state index contributed by atoms with van der Waals surface area (Å²) in [6.45, 7) is 0.706. The Bertz CT molecular complexity index is 437. The second kappa shape index (κ2) is 4.35. The number of carbonyl (C=O) groups is 2. The monoisotopic (exact) mass is 220 g/mol. The Morgan fingerprint density at radius 1 is 1.38 bits per heavy atom. The smallest absolute Gasteiger partial charge is 0.379 e. The molecule has 16 heavy (non-hydrogen) atoms. The zero-order valence-electron chi connectivity index (χ0n) is 8.99. The van der Waals surface area contributed by atoms with E-state index in [1.165, 1.54) is 7.11 Å². The molecule has 0 aromatic heterocycles. The van der Waals surface area contributed by atoms with Gasteiger partial charge in [-0.3, -0.25) is 4.79 Å². The van der Waals surface area contributed by atoms with E-state index in [1.807, 2.05) is 0 Å². The number of Topliss-reactive ketones (excluding diaryl/α,β-unsaturated/α-hetero) is 1. The van der Waals surface area contributed by atoms with Crippen LogP contribution in [0.5, 0.6) is 5.75 Å². The summed E-state index contributed by atoms with van der Waals surface area (Å²) in [5.41, 5.74) is 1.33. The van der Waals surface area contributed by atoms with Crippen LogP contribution in [0.25, 0.3) is 0 Å². The van der Waals surface area contributed by atoms with Crippen LogP contribution in [0.15, 0.2) is 18.2 Å². The Labute approximate surface area is 93.2 Å². The molecule has 0 amide bonds. The number of rotatable bonds is 2. The number of esters is 1. The third-order valence-electron chi connectivity index (χ3n) is 2.54. The number of aryl methyl sites for hydroxylation is 1. The summed E-state index contributed by atoms with van der Waals surface area (Å²) < 4.78 is 9.81. The van der Waals surface area contributed by atoms with Crippen molar-refractivity contribution < 1.29 is 19.1 Å². The van der Waals surface area contributed by atoms with Gasteiger partial charge in [0.2, 0.25) is 0 Å².